The van der Waals surface area contributed by atoms with Crippen molar-refractivity contribution in [1.82, 2.24) is 10.0 Å². The highest BCUT2D eigenvalue weighted by Gasteiger charge is 2.33. The number of hydrogen-bond acceptors (Lipinski definition) is 3. The molecule has 1 fully saturated rings. The molecule has 2 N–H and O–H groups in total. The van der Waals surface area contributed by atoms with Gasteiger partial charge >= 0.3 is 0 Å². The van der Waals surface area contributed by atoms with E-state index in [1.165, 1.54) is 31.3 Å². The van der Waals surface area contributed by atoms with E-state index in [4.69, 9.17) is 0 Å². The molecular formula is C15H22N2O3S. The van der Waals surface area contributed by atoms with Crippen molar-refractivity contribution in [3.05, 3.63) is 29.8 Å². The largest absolute Gasteiger partial charge is 0.355 e. The van der Waals surface area contributed by atoms with Crippen LogP contribution < -0.4 is 10.0 Å². The quantitative estimate of drug-likeness (QED) is 0.892. The van der Waals surface area contributed by atoms with E-state index < -0.39 is 10.0 Å². The zero-order valence-electron chi connectivity index (χ0n) is 12.6. The van der Waals surface area contributed by atoms with Crippen LogP contribution in [0.5, 0.6) is 0 Å². The van der Waals surface area contributed by atoms with Crippen molar-refractivity contribution in [3.63, 3.8) is 0 Å². The fourth-order valence-corrected chi connectivity index (χ4v) is 4.02. The van der Waals surface area contributed by atoms with E-state index in [2.05, 4.69) is 23.9 Å². The Morgan fingerprint density at radius 1 is 1.24 bits per heavy atom. The van der Waals surface area contributed by atoms with Crippen LogP contribution in [0.3, 0.4) is 0 Å². The van der Waals surface area contributed by atoms with E-state index >= 15 is 0 Å². The molecule has 0 heterocycles. The summed E-state index contributed by atoms with van der Waals surface area (Å²) in [6.45, 7) is 4.30. The normalized spacial score (nSPS) is 21.2. The minimum absolute atomic E-state index is 0.0105. The molecule has 0 bridgehead atoms. The van der Waals surface area contributed by atoms with Crippen molar-refractivity contribution < 1.29 is 13.2 Å². The number of amides is 1. The van der Waals surface area contributed by atoms with Gasteiger partial charge in [0.15, 0.2) is 0 Å². The third-order valence-electron chi connectivity index (χ3n) is 3.94. The predicted molar refractivity (Wildman–Crippen MR) is 81.6 cm³/mol. The molecule has 1 aromatic carbocycles. The van der Waals surface area contributed by atoms with Gasteiger partial charge in [-0.2, -0.15) is 0 Å². The second-order valence-corrected chi connectivity index (χ2v) is 8.04. The Bertz CT molecular complexity index is 621. The van der Waals surface area contributed by atoms with E-state index in [0.29, 0.717) is 5.56 Å². The average molecular weight is 310 g/mol. The van der Waals surface area contributed by atoms with E-state index in [1.54, 1.807) is 0 Å². The molecule has 0 aromatic heterocycles. The van der Waals surface area contributed by atoms with E-state index in [-0.39, 0.29) is 22.3 Å². The van der Waals surface area contributed by atoms with Crippen molar-refractivity contribution in [2.75, 3.05) is 7.05 Å². The Hall–Kier alpha value is -1.40. The maximum Gasteiger partial charge on any atom is 0.251 e. The molecule has 0 saturated heterocycles. The summed E-state index contributed by atoms with van der Waals surface area (Å²) < 4.78 is 27.4. The highest BCUT2D eigenvalue weighted by atomic mass is 32.2. The maximum absolute atomic E-state index is 12.3. The first-order valence-corrected chi connectivity index (χ1v) is 8.56. The number of benzene rings is 1. The second-order valence-electron chi connectivity index (χ2n) is 6.33. The minimum atomic E-state index is -3.52. The third kappa shape index (κ3) is 3.83. The summed E-state index contributed by atoms with van der Waals surface area (Å²) in [5.74, 6) is -0.232. The molecule has 5 nitrogen and oxygen atoms in total. The molecule has 1 atom stereocenters. The number of rotatable bonds is 4. The minimum Gasteiger partial charge on any atom is -0.355 e. The zero-order chi connectivity index (χ0) is 15.7. The predicted octanol–water partition coefficient (Wildman–Crippen LogP) is 1.90. The fraction of sp³-hybridized carbons (Fsp3) is 0.533. The number of sulfonamides is 1. The molecular weight excluding hydrogens is 288 g/mol. The van der Waals surface area contributed by atoms with Gasteiger partial charge in [0.1, 0.15) is 0 Å². The molecule has 1 saturated carbocycles. The van der Waals surface area contributed by atoms with Crippen LogP contribution in [0.25, 0.3) is 0 Å². The van der Waals surface area contributed by atoms with Crippen molar-refractivity contribution >= 4 is 15.9 Å². The van der Waals surface area contributed by atoms with Crippen LogP contribution in [-0.2, 0) is 10.0 Å². The van der Waals surface area contributed by atoms with Crippen molar-refractivity contribution in [3.8, 4) is 0 Å². The Morgan fingerprint density at radius 2 is 1.86 bits per heavy atom. The van der Waals surface area contributed by atoms with Gasteiger partial charge in [-0.1, -0.05) is 13.8 Å². The van der Waals surface area contributed by atoms with Crippen LogP contribution in [0.4, 0.5) is 0 Å². The summed E-state index contributed by atoms with van der Waals surface area (Å²) in [6.07, 6.45) is 2.74. The summed E-state index contributed by atoms with van der Waals surface area (Å²) in [7, 11) is -1.99. The summed E-state index contributed by atoms with van der Waals surface area (Å²) in [5.41, 5.74) is 0.634. The molecule has 0 aliphatic heterocycles. The van der Waals surface area contributed by atoms with E-state index in [0.717, 1.165) is 19.3 Å². The summed E-state index contributed by atoms with van der Waals surface area (Å²) in [4.78, 5) is 11.6. The van der Waals surface area contributed by atoms with Crippen LogP contribution in [0.2, 0.25) is 0 Å². The second kappa shape index (κ2) is 5.77. The molecule has 0 radical (unpaired) electrons. The van der Waals surface area contributed by atoms with Gasteiger partial charge in [-0.05, 0) is 48.9 Å². The lowest BCUT2D eigenvalue weighted by atomic mass is 9.92. The van der Waals surface area contributed by atoms with Crippen molar-refractivity contribution in [2.24, 2.45) is 5.41 Å². The van der Waals surface area contributed by atoms with Crippen LogP contribution in [0.1, 0.15) is 43.5 Å². The monoisotopic (exact) mass is 310 g/mol. The van der Waals surface area contributed by atoms with Crippen molar-refractivity contribution in [1.29, 1.82) is 0 Å². The highest BCUT2D eigenvalue weighted by Crippen LogP contribution is 2.37. The molecule has 6 heteroatoms. The van der Waals surface area contributed by atoms with Gasteiger partial charge in [0.05, 0.1) is 4.90 Å². The molecule has 1 aromatic rings. The first-order chi connectivity index (χ1) is 9.73. The molecule has 21 heavy (non-hydrogen) atoms. The van der Waals surface area contributed by atoms with Crippen LogP contribution in [-0.4, -0.2) is 27.4 Å². The topological polar surface area (TPSA) is 75.3 Å². The Labute approximate surface area is 126 Å². The lowest BCUT2D eigenvalue weighted by Gasteiger charge is -2.18. The number of carbonyl (C=O) groups is 1. The standard InChI is InChI=1S/C15H22N2O3S/c1-15(2)9-8-12(10-15)17-21(19,20)13-6-4-11(5-7-13)14(18)16-3/h4-7,12,17H,8-10H2,1-3H3,(H,16,18). The summed E-state index contributed by atoms with van der Waals surface area (Å²) in [5, 5.41) is 2.50. The molecule has 116 valence electrons. The SMILES string of the molecule is CNC(=O)c1ccc(S(=O)(=O)NC2CCC(C)(C)C2)cc1. The molecule has 0 spiro atoms. The molecule has 1 aliphatic carbocycles. The van der Waals surface area contributed by atoms with Crippen molar-refractivity contribution in [2.45, 2.75) is 44.0 Å². The van der Waals surface area contributed by atoms with Crippen LogP contribution in [0, 0.1) is 5.41 Å². The first kappa shape index (κ1) is 16.0. The zero-order valence-corrected chi connectivity index (χ0v) is 13.5. The Kier molecular flexibility index (Phi) is 4.39. The Balaban J connectivity index is 2.11. The molecule has 2 rings (SSSR count). The van der Waals surface area contributed by atoms with Crippen LogP contribution >= 0.6 is 0 Å². The van der Waals surface area contributed by atoms with Gasteiger partial charge in [-0.15, -0.1) is 0 Å². The van der Waals surface area contributed by atoms with E-state index in [1.807, 2.05) is 0 Å². The molecule has 1 amide bonds. The van der Waals surface area contributed by atoms with E-state index in [9.17, 15) is 13.2 Å². The van der Waals surface area contributed by atoms with Gasteiger partial charge in [0.25, 0.3) is 5.91 Å². The lowest BCUT2D eigenvalue weighted by Crippen LogP contribution is -2.33. The van der Waals surface area contributed by atoms with Gasteiger partial charge in [-0.3, -0.25) is 4.79 Å². The highest BCUT2D eigenvalue weighted by molar-refractivity contribution is 7.89. The molecule has 1 unspecified atom stereocenters. The number of hydrogen-bond donors (Lipinski definition) is 2. The Morgan fingerprint density at radius 3 is 2.33 bits per heavy atom. The van der Waals surface area contributed by atoms with Gasteiger partial charge in [0, 0.05) is 18.7 Å². The fourth-order valence-electron chi connectivity index (χ4n) is 2.75. The lowest BCUT2D eigenvalue weighted by molar-refractivity contribution is 0.0963. The summed E-state index contributed by atoms with van der Waals surface area (Å²) >= 11 is 0. The number of carbonyl (C=O) groups excluding carboxylic acids is 1. The molecule has 1 aliphatic rings. The third-order valence-corrected chi connectivity index (χ3v) is 5.48. The average Bonchev–Trinajstić information content (AvgIpc) is 2.76. The van der Waals surface area contributed by atoms with Gasteiger partial charge in [0.2, 0.25) is 10.0 Å². The smallest absolute Gasteiger partial charge is 0.251 e. The van der Waals surface area contributed by atoms with Gasteiger partial charge in [-0.25, -0.2) is 13.1 Å². The van der Waals surface area contributed by atoms with Crippen LogP contribution in [0.15, 0.2) is 29.2 Å². The van der Waals surface area contributed by atoms with Gasteiger partial charge < -0.3 is 5.32 Å². The number of nitrogens with one attached hydrogen (secondary N) is 2. The maximum atomic E-state index is 12.3. The summed E-state index contributed by atoms with van der Waals surface area (Å²) in [6, 6.07) is 5.96. The first-order valence-electron chi connectivity index (χ1n) is 7.08.